The molecule has 3 rings (SSSR count). The normalized spacial score (nSPS) is 10.9. The Morgan fingerprint density at radius 3 is 2.45 bits per heavy atom. The van der Waals surface area contributed by atoms with Gasteiger partial charge in [-0.1, -0.05) is 37.6 Å². The number of hydrogen-bond acceptors (Lipinski definition) is 6. The minimum absolute atomic E-state index is 0.221. The van der Waals surface area contributed by atoms with E-state index < -0.39 is 0 Å². The highest BCUT2D eigenvalue weighted by Crippen LogP contribution is 2.31. The summed E-state index contributed by atoms with van der Waals surface area (Å²) in [6, 6.07) is 12.8. The third-order valence-electron chi connectivity index (χ3n) is 4.99. The van der Waals surface area contributed by atoms with Crippen molar-refractivity contribution >= 4 is 34.5 Å². The number of nitrogens with one attached hydrogen (secondary N) is 1. The van der Waals surface area contributed by atoms with Crippen molar-refractivity contribution in [2.75, 3.05) is 38.7 Å². The van der Waals surface area contributed by atoms with Crippen LogP contribution in [0.4, 0.5) is 5.69 Å². The van der Waals surface area contributed by atoms with E-state index in [1.54, 1.807) is 43.6 Å². The SMILES string of the molecule is CCCN(CCC)CCOc1cc(NC(=O)c2cnc(-c3ccc(Cl)cc3)s2)ccc1OC. The van der Waals surface area contributed by atoms with Gasteiger partial charge in [-0.25, -0.2) is 4.98 Å². The van der Waals surface area contributed by atoms with Crippen LogP contribution in [-0.4, -0.2) is 49.1 Å². The molecule has 0 bridgehead atoms. The second-order valence-corrected chi connectivity index (χ2v) is 9.01. The number of halogens is 1. The quantitative estimate of drug-likeness (QED) is 0.328. The molecule has 1 aromatic heterocycles. The Morgan fingerprint density at radius 2 is 1.79 bits per heavy atom. The highest BCUT2D eigenvalue weighted by atomic mass is 35.5. The lowest BCUT2D eigenvalue weighted by molar-refractivity contribution is 0.103. The Bertz CT molecular complexity index is 1030. The first kappa shape index (κ1) is 25.0. The standard InChI is InChI=1S/C25H30ClN3O3S/c1-4-12-29(13-5-2)14-15-32-22-16-20(10-11-21(22)31-3)28-24(30)23-17-27-25(33-23)18-6-8-19(26)9-7-18/h6-11,16-17H,4-5,12-15H2,1-3H3,(H,28,30). The average molecular weight is 488 g/mol. The van der Waals surface area contributed by atoms with Crippen molar-refractivity contribution in [2.24, 2.45) is 0 Å². The van der Waals surface area contributed by atoms with Gasteiger partial charge in [0, 0.05) is 28.9 Å². The van der Waals surface area contributed by atoms with E-state index in [4.69, 9.17) is 21.1 Å². The summed E-state index contributed by atoms with van der Waals surface area (Å²) in [5.41, 5.74) is 1.56. The molecule has 0 saturated carbocycles. The molecule has 1 N–H and O–H groups in total. The fraction of sp³-hybridized carbons (Fsp3) is 0.360. The zero-order chi connectivity index (χ0) is 23.6. The summed E-state index contributed by atoms with van der Waals surface area (Å²) >= 11 is 7.28. The first-order chi connectivity index (χ1) is 16.0. The maximum Gasteiger partial charge on any atom is 0.267 e. The number of methoxy groups -OCH3 is 1. The van der Waals surface area contributed by atoms with Gasteiger partial charge in [-0.3, -0.25) is 9.69 Å². The van der Waals surface area contributed by atoms with Crippen LogP contribution in [0.1, 0.15) is 36.4 Å². The molecule has 0 fully saturated rings. The maximum absolute atomic E-state index is 12.8. The molecule has 0 atom stereocenters. The number of hydrogen-bond donors (Lipinski definition) is 1. The van der Waals surface area contributed by atoms with E-state index in [9.17, 15) is 4.79 Å². The van der Waals surface area contributed by atoms with Crippen molar-refractivity contribution < 1.29 is 14.3 Å². The Hall–Kier alpha value is -2.61. The van der Waals surface area contributed by atoms with E-state index in [1.165, 1.54) is 11.3 Å². The van der Waals surface area contributed by atoms with Gasteiger partial charge in [0.25, 0.3) is 5.91 Å². The lowest BCUT2D eigenvalue weighted by Crippen LogP contribution is -2.30. The molecule has 1 amide bonds. The second kappa shape index (κ2) is 12.6. The Balaban J connectivity index is 1.65. The lowest BCUT2D eigenvalue weighted by atomic mass is 10.2. The number of nitrogens with zero attached hydrogens (tertiary/aromatic N) is 2. The molecule has 1 heterocycles. The number of anilines is 1. The molecule has 176 valence electrons. The molecule has 33 heavy (non-hydrogen) atoms. The summed E-state index contributed by atoms with van der Waals surface area (Å²) in [5.74, 6) is 1.02. The van der Waals surface area contributed by atoms with Crippen LogP contribution < -0.4 is 14.8 Å². The van der Waals surface area contributed by atoms with Crippen molar-refractivity contribution in [3.05, 3.63) is 58.6 Å². The minimum Gasteiger partial charge on any atom is -0.493 e. The summed E-state index contributed by atoms with van der Waals surface area (Å²) < 4.78 is 11.4. The largest absolute Gasteiger partial charge is 0.493 e. The Kier molecular flexibility index (Phi) is 9.54. The molecule has 0 aliphatic heterocycles. The highest BCUT2D eigenvalue weighted by molar-refractivity contribution is 7.17. The van der Waals surface area contributed by atoms with Gasteiger partial charge in [0.15, 0.2) is 11.5 Å². The zero-order valence-corrected chi connectivity index (χ0v) is 20.8. The van der Waals surface area contributed by atoms with Crippen LogP contribution in [-0.2, 0) is 0 Å². The summed E-state index contributed by atoms with van der Waals surface area (Å²) in [5, 5.41) is 4.35. The predicted octanol–water partition coefficient (Wildman–Crippen LogP) is 6.23. The molecular weight excluding hydrogens is 458 g/mol. The van der Waals surface area contributed by atoms with Crippen molar-refractivity contribution in [3.8, 4) is 22.1 Å². The first-order valence-electron chi connectivity index (χ1n) is 11.1. The van der Waals surface area contributed by atoms with Gasteiger partial charge >= 0.3 is 0 Å². The van der Waals surface area contributed by atoms with Crippen LogP contribution in [0.5, 0.6) is 11.5 Å². The van der Waals surface area contributed by atoms with Crippen molar-refractivity contribution in [3.63, 3.8) is 0 Å². The van der Waals surface area contributed by atoms with Gasteiger partial charge in [-0.15, -0.1) is 11.3 Å². The van der Waals surface area contributed by atoms with Gasteiger partial charge < -0.3 is 14.8 Å². The van der Waals surface area contributed by atoms with E-state index in [-0.39, 0.29) is 5.91 Å². The highest BCUT2D eigenvalue weighted by Gasteiger charge is 2.14. The number of thiazole rings is 1. The first-order valence-corrected chi connectivity index (χ1v) is 12.3. The number of benzene rings is 2. The van der Waals surface area contributed by atoms with Gasteiger partial charge in [0.05, 0.1) is 13.3 Å². The maximum atomic E-state index is 12.8. The van der Waals surface area contributed by atoms with Crippen molar-refractivity contribution in [1.29, 1.82) is 0 Å². The second-order valence-electron chi connectivity index (χ2n) is 7.55. The molecule has 0 spiro atoms. The smallest absolute Gasteiger partial charge is 0.267 e. The topological polar surface area (TPSA) is 63.7 Å². The van der Waals surface area contributed by atoms with Crippen LogP contribution in [0, 0.1) is 0 Å². The zero-order valence-electron chi connectivity index (χ0n) is 19.3. The van der Waals surface area contributed by atoms with Crippen LogP contribution in [0.3, 0.4) is 0 Å². The summed E-state index contributed by atoms with van der Waals surface area (Å²) in [7, 11) is 1.61. The predicted molar refractivity (Wildman–Crippen MR) is 136 cm³/mol. The molecule has 2 aromatic carbocycles. The number of amides is 1. The minimum atomic E-state index is -0.221. The summed E-state index contributed by atoms with van der Waals surface area (Å²) in [6.45, 7) is 7.86. The van der Waals surface area contributed by atoms with Crippen LogP contribution in [0.15, 0.2) is 48.7 Å². The molecule has 0 aliphatic rings. The van der Waals surface area contributed by atoms with E-state index in [0.717, 1.165) is 43.0 Å². The summed E-state index contributed by atoms with van der Waals surface area (Å²) in [4.78, 5) is 20.1. The number of carbonyl (C=O) groups is 1. The average Bonchev–Trinajstić information content (AvgIpc) is 3.31. The number of ether oxygens (including phenoxy) is 2. The van der Waals surface area contributed by atoms with Crippen LogP contribution in [0.25, 0.3) is 10.6 Å². The summed E-state index contributed by atoms with van der Waals surface area (Å²) in [6.07, 6.45) is 3.81. The Labute approximate surface area is 204 Å². The molecule has 0 aliphatic carbocycles. The van der Waals surface area contributed by atoms with Gasteiger partial charge in [-0.05, 0) is 50.2 Å². The van der Waals surface area contributed by atoms with Gasteiger partial charge in [0.2, 0.25) is 0 Å². The third-order valence-corrected chi connectivity index (χ3v) is 6.28. The third kappa shape index (κ3) is 7.19. The monoisotopic (exact) mass is 487 g/mol. The molecular formula is C25H30ClN3O3S. The molecule has 8 heteroatoms. The lowest BCUT2D eigenvalue weighted by Gasteiger charge is -2.21. The van der Waals surface area contributed by atoms with Crippen molar-refractivity contribution in [1.82, 2.24) is 9.88 Å². The molecule has 0 saturated heterocycles. The van der Waals surface area contributed by atoms with E-state index in [0.29, 0.717) is 33.7 Å². The number of carbonyl (C=O) groups excluding carboxylic acids is 1. The molecule has 0 radical (unpaired) electrons. The Morgan fingerprint density at radius 1 is 1.06 bits per heavy atom. The van der Waals surface area contributed by atoms with Crippen molar-refractivity contribution in [2.45, 2.75) is 26.7 Å². The molecule has 6 nitrogen and oxygen atoms in total. The number of aromatic nitrogens is 1. The van der Waals surface area contributed by atoms with Gasteiger partial charge in [0.1, 0.15) is 16.5 Å². The van der Waals surface area contributed by atoms with Crippen LogP contribution in [0.2, 0.25) is 5.02 Å². The fourth-order valence-electron chi connectivity index (χ4n) is 3.42. The van der Waals surface area contributed by atoms with E-state index >= 15 is 0 Å². The molecule has 3 aromatic rings. The molecule has 0 unspecified atom stereocenters. The van der Waals surface area contributed by atoms with Crippen LogP contribution >= 0.6 is 22.9 Å². The van der Waals surface area contributed by atoms with E-state index in [2.05, 4.69) is 29.0 Å². The fourth-order valence-corrected chi connectivity index (χ4v) is 4.36. The van der Waals surface area contributed by atoms with E-state index in [1.807, 2.05) is 12.1 Å². The van der Waals surface area contributed by atoms with Gasteiger partial charge in [-0.2, -0.15) is 0 Å². The number of rotatable bonds is 12.